The summed E-state index contributed by atoms with van der Waals surface area (Å²) >= 11 is 0. The Morgan fingerprint density at radius 3 is 2.90 bits per heavy atom. The molecule has 0 radical (unpaired) electrons. The number of aromatic nitrogens is 2. The van der Waals surface area contributed by atoms with Crippen LogP contribution < -0.4 is 11.3 Å². The van der Waals surface area contributed by atoms with Crippen molar-refractivity contribution >= 4 is 16.9 Å². The number of hydrogen-bond donors (Lipinski definition) is 2. The van der Waals surface area contributed by atoms with Crippen molar-refractivity contribution in [2.24, 2.45) is 5.84 Å². The summed E-state index contributed by atoms with van der Waals surface area (Å²) in [6.45, 7) is 4.63. The third kappa shape index (κ3) is 2.30. The minimum Gasteiger partial charge on any atom is -0.459 e. The number of rotatable bonds is 3. The number of hydrazine groups is 1. The van der Waals surface area contributed by atoms with E-state index >= 15 is 0 Å². The van der Waals surface area contributed by atoms with E-state index in [2.05, 4.69) is 36.4 Å². The van der Waals surface area contributed by atoms with Gasteiger partial charge in [0.15, 0.2) is 5.76 Å². The molecule has 0 atom stereocenters. The molecule has 2 aromatic heterocycles. The summed E-state index contributed by atoms with van der Waals surface area (Å²) in [7, 11) is 0. The summed E-state index contributed by atoms with van der Waals surface area (Å²) in [6, 6.07) is 5.92. The Hall–Kier alpha value is -2.60. The van der Waals surface area contributed by atoms with Crippen LogP contribution in [0.5, 0.6) is 0 Å². The van der Waals surface area contributed by atoms with E-state index in [0.717, 1.165) is 16.6 Å². The van der Waals surface area contributed by atoms with Crippen LogP contribution in [0.3, 0.4) is 0 Å². The molecule has 108 valence electrons. The van der Waals surface area contributed by atoms with Crippen LogP contribution in [0.1, 0.15) is 27.2 Å². The van der Waals surface area contributed by atoms with Crippen molar-refractivity contribution in [3.05, 3.63) is 53.2 Å². The molecule has 0 unspecified atom stereocenters. The lowest BCUT2D eigenvalue weighted by molar-refractivity contribution is 0.0924. The van der Waals surface area contributed by atoms with Gasteiger partial charge in [0.1, 0.15) is 0 Å². The fraction of sp³-hybridized carbons (Fsp3) is 0.200. The number of hydrogen-bond acceptors (Lipinski definition) is 4. The molecule has 0 aliphatic rings. The SMILES string of the molecule is Cc1cc2ncn(Cc3ccoc3C(=O)NN)c2cc1C. The minimum absolute atomic E-state index is 0.225. The summed E-state index contributed by atoms with van der Waals surface area (Å²) < 4.78 is 7.18. The molecule has 0 spiro atoms. The van der Waals surface area contributed by atoms with E-state index in [0.29, 0.717) is 6.54 Å². The number of furan rings is 1. The molecule has 1 aromatic carbocycles. The number of aryl methyl sites for hydroxylation is 2. The van der Waals surface area contributed by atoms with Crippen molar-refractivity contribution in [1.29, 1.82) is 0 Å². The summed E-state index contributed by atoms with van der Waals surface area (Å²) in [4.78, 5) is 16.0. The van der Waals surface area contributed by atoms with Crippen molar-refractivity contribution in [3.8, 4) is 0 Å². The molecule has 0 saturated carbocycles. The fourth-order valence-corrected chi connectivity index (χ4v) is 2.35. The lowest BCUT2D eigenvalue weighted by Gasteiger charge is -2.06. The molecule has 0 aliphatic heterocycles. The Kier molecular flexibility index (Phi) is 3.23. The van der Waals surface area contributed by atoms with Gasteiger partial charge in [-0.05, 0) is 43.2 Å². The number of benzene rings is 1. The Labute approximate surface area is 121 Å². The summed E-state index contributed by atoms with van der Waals surface area (Å²) in [6.07, 6.45) is 3.25. The third-order valence-corrected chi connectivity index (χ3v) is 3.66. The minimum atomic E-state index is -0.438. The lowest BCUT2D eigenvalue weighted by atomic mass is 10.1. The number of carbonyl (C=O) groups is 1. The van der Waals surface area contributed by atoms with Crippen LogP contribution >= 0.6 is 0 Å². The second-order valence-electron chi connectivity index (χ2n) is 5.05. The van der Waals surface area contributed by atoms with Gasteiger partial charge in [-0.15, -0.1) is 0 Å². The van der Waals surface area contributed by atoms with Crippen molar-refractivity contribution in [1.82, 2.24) is 15.0 Å². The highest BCUT2D eigenvalue weighted by atomic mass is 16.3. The molecule has 21 heavy (non-hydrogen) atoms. The van der Waals surface area contributed by atoms with Crippen molar-refractivity contribution < 1.29 is 9.21 Å². The van der Waals surface area contributed by atoms with Crippen molar-refractivity contribution in [3.63, 3.8) is 0 Å². The zero-order valence-corrected chi connectivity index (χ0v) is 11.9. The van der Waals surface area contributed by atoms with Gasteiger partial charge in [-0.3, -0.25) is 10.2 Å². The van der Waals surface area contributed by atoms with Gasteiger partial charge in [-0.25, -0.2) is 10.8 Å². The van der Waals surface area contributed by atoms with E-state index in [4.69, 9.17) is 10.3 Å². The molecule has 6 nitrogen and oxygen atoms in total. The molecule has 6 heteroatoms. The van der Waals surface area contributed by atoms with Crippen LogP contribution in [0, 0.1) is 13.8 Å². The van der Waals surface area contributed by atoms with E-state index in [1.54, 1.807) is 12.4 Å². The molecular formula is C15H16N4O2. The summed E-state index contributed by atoms with van der Waals surface area (Å²) in [5, 5.41) is 0. The number of nitrogens with one attached hydrogen (secondary N) is 1. The first-order valence-electron chi connectivity index (χ1n) is 6.59. The maximum absolute atomic E-state index is 11.6. The fourth-order valence-electron chi connectivity index (χ4n) is 2.35. The van der Waals surface area contributed by atoms with Gasteiger partial charge in [0.25, 0.3) is 0 Å². The van der Waals surface area contributed by atoms with Crippen LogP contribution in [0.2, 0.25) is 0 Å². The van der Waals surface area contributed by atoms with Crippen LogP contribution in [0.4, 0.5) is 0 Å². The molecule has 0 bridgehead atoms. The van der Waals surface area contributed by atoms with Crippen LogP contribution in [-0.4, -0.2) is 15.5 Å². The quantitative estimate of drug-likeness (QED) is 0.437. The Morgan fingerprint density at radius 2 is 2.14 bits per heavy atom. The molecular weight excluding hydrogens is 268 g/mol. The first-order chi connectivity index (χ1) is 10.1. The van der Waals surface area contributed by atoms with Gasteiger partial charge in [-0.1, -0.05) is 0 Å². The normalized spacial score (nSPS) is 11.0. The number of nitrogens with two attached hydrogens (primary N) is 1. The highest BCUT2D eigenvalue weighted by Gasteiger charge is 2.15. The Bertz CT molecular complexity index is 816. The topological polar surface area (TPSA) is 86.1 Å². The molecule has 3 aromatic rings. The van der Waals surface area contributed by atoms with Crippen molar-refractivity contribution in [2.45, 2.75) is 20.4 Å². The number of imidazole rings is 1. The number of carbonyl (C=O) groups excluding carboxylic acids is 1. The Balaban J connectivity index is 2.01. The van der Waals surface area contributed by atoms with Crippen molar-refractivity contribution in [2.75, 3.05) is 0 Å². The molecule has 0 fully saturated rings. The first kappa shape index (κ1) is 13.4. The highest BCUT2D eigenvalue weighted by Crippen LogP contribution is 2.20. The maximum Gasteiger partial charge on any atom is 0.301 e. The lowest BCUT2D eigenvalue weighted by Crippen LogP contribution is -2.30. The summed E-state index contributed by atoms with van der Waals surface area (Å²) in [5.74, 6) is 4.94. The molecule has 0 saturated heterocycles. The van der Waals surface area contributed by atoms with Crippen LogP contribution in [0.25, 0.3) is 11.0 Å². The molecule has 1 amide bonds. The van der Waals surface area contributed by atoms with E-state index in [-0.39, 0.29) is 5.76 Å². The highest BCUT2D eigenvalue weighted by molar-refractivity contribution is 5.92. The second kappa shape index (κ2) is 5.06. The maximum atomic E-state index is 11.6. The van der Waals surface area contributed by atoms with Gasteiger partial charge in [0.05, 0.1) is 30.2 Å². The average Bonchev–Trinajstić information content (AvgIpc) is 3.07. The van der Waals surface area contributed by atoms with E-state index < -0.39 is 5.91 Å². The van der Waals surface area contributed by atoms with Crippen LogP contribution in [-0.2, 0) is 6.54 Å². The second-order valence-corrected chi connectivity index (χ2v) is 5.05. The standard InChI is InChI=1S/C15H16N4O2/c1-9-5-12-13(6-10(9)2)19(8-17-12)7-11-3-4-21-14(11)15(20)18-16/h3-6,8H,7,16H2,1-2H3,(H,18,20). The summed E-state index contributed by atoms with van der Waals surface area (Å²) in [5.41, 5.74) is 7.22. The van der Waals surface area contributed by atoms with Gasteiger partial charge in [0, 0.05) is 5.56 Å². The molecule has 2 heterocycles. The predicted octanol–water partition coefficient (Wildman–Crippen LogP) is 1.90. The first-order valence-corrected chi connectivity index (χ1v) is 6.59. The van der Waals surface area contributed by atoms with Gasteiger partial charge in [0.2, 0.25) is 0 Å². The number of fused-ring (bicyclic) bond motifs is 1. The van der Waals surface area contributed by atoms with Crippen LogP contribution in [0.15, 0.2) is 35.2 Å². The number of nitrogen functional groups attached to an aromatic ring is 1. The average molecular weight is 284 g/mol. The smallest absolute Gasteiger partial charge is 0.301 e. The van der Waals surface area contributed by atoms with Gasteiger partial charge >= 0.3 is 5.91 Å². The van der Waals surface area contributed by atoms with Gasteiger partial charge < -0.3 is 8.98 Å². The van der Waals surface area contributed by atoms with E-state index in [9.17, 15) is 4.79 Å². The number of amides is 1. The third-order valence-electron chi connectivity index (χ3n) is 3.66. The monoisotopic (exact) mass is 284 g/mol. The zero-order valence-electron chi connectivity index (χ0n) is 11.9. The molecule has 0 aliphatic carbocycles. The van der Waals surface area contributed by atoms with E-state index in [1.165, 1.54) is 17.4 Å². The zero-order chi connectivity index (χ0) is 15.0. The van der Waals surface area contributed by atoms with E-state index in [1.807, 2.05) is 4.57 Å². The number of nitrogens with zero attached hydrogens (tertiary/aromatic N) is 2. The van der Waals surface area contributed by atoms with Gasteiger partial charge in [-0.2, -0.15) is 0 Å². The predicted molar refractivity (Wildman–Crippen MR) is 78.7 cm³/mol. The Morgan fingerprint density at radius 1 is 1.38 bits per heavy atom. The molecule has 3 rings (SSSR count). The molecule has 3 N–H and O–H groups in total. The largest absolute Gasteiger partial charge is 0.459 e.